The summed E-state index contributed by atoms with van der Waals surface area (Å²) in [7, 11) is 0. The van der Waals surface area contributed by atoms with Crippen LogP contribution >= 0.6 is 0 Å². The maximum absolute atomic E-state index is 11.7. The lowest BCUT2D eigenvalue weighted by molar-refractivity contribution is 0.193. The number of imidazole rings is 1. The molecule has 3 heterocycles. The van der Waals surface area contributed by atoms with Crippen LogP contribution < -0.4 is 5.56 Å². The highest BCUT2D eigenvalue weighted by atomic mass is 16.5. The molecule has 1 fully saturated rings. The van der Waals surface area contributed by atoms with Crippen LogP contribution in [0, 0.1) is 6.92 Å². The zero-order chi connectivity index (χ0) is 11.1. The predicted molar refractivity (Wildman–Crippen MR) is 58.7 cm³/mol. The summed E-state index contributed by atoms with van der Waals surface area (Å²) in [5, 5.41) is 0. The molecule has 0 aliphatic carbocycles. The molecule has 1 saturated heterocycles. The summed E-state index contributed by atoms with van der Waals surface area (Å²) in [4.78, 5) is 18.8. The third kappa shape index (κ3) is 1.28. The quantitative estimate of drug-likeness (QED) is 0.773. The molecule has 2 aromatic heterocycles. The van der Waals surface area contributed by atoms with E-state index in [0.29, 0.717) is 18.0 Å². The van der Waals surface area contributed by atoms with Crippen LogP contribution in [-0.2, 0) is 4.74 Å². The van der Waals surface area contributed by atoms with Crippen LogP contribution in [-0.4, -0.2) is 27.6 Å². The maximum atomic E-state index is 11.7. The summed E-state index contributed by atoms with van der Waals surface area (Å²) >= 11 is 0. The molecule has 1 aliphatic rings. The second kappa shape index (κ2) is 3.45. The van der Waals surface area contributed by atoms with Crippen molar-refractivity contribution >= 4 is 5.52 Å². The van der Waals surface area contributed by atoms with Crippen molar-refractivity contribution in [2.45, 2.75) is 19.3 Å². The Bertz CT molecular complexity index is 578. The molecule has 2 aromatic rings. The van der Waals surface area contributed by atoms with Crippen LogP contribution in [0.2, 0.25) is 0 Å². The average Bonchev–Trinajstić information content (AvgIpc) is 2.86. The largest absolute Gasteiger partial charge is 0.381 e. The van der Waals surface area contributed by atoms with Crippen molar-refractivity contribution in [3.05, 3.63) is 34.3 Å². The van der Waals surface area contributed by atoms with Crippen molar-refractivity contribution in [2.24, 2.45) is 0 Å². The smallest absolute Gasteiger partial charge is 0.274 e. The predicted octanol–water partition coefficient (Wildman–Crippen LogP) is 0.835. The molecule has 0 radical (unpaired) electrons. The van der Waals surface area contributed by atoms with Crippen LogP contribution in [0.1, 0.15) is 23.9 Å². The number of H-pyrrole nitrogens is 1. The number of aryl methyl sites for hydroxylation is 1. The number of hydrogen-bond donors (Lipinski definition) is 1. The van der Waals surface area contributed by atoms with E-state index >= 15 is 0 Å². The van der Waals surface area contributed by atoms with Crippen molar-refractivity contribution in [1.29, 1.82) is 0 Å². The molecule has 0 aromatic carbocycles. The second-order valence-electron chi connectivity index (χ2n) is 4.12. The van der Waals surface area contributed by atoms with Gasteiger partial charge in [-0.1, -0.05) is 0 Å². The Morgan fingerprint density at radius 1 is 1.62 bits per heavy atom. The first-order valence-electron chi connectivity index (χ1n) is 5.41. The first kappa shape index (κ1) is 9.59. The van der Waals surface area contributed by atoms with E-state index in [-0.39, 0.29) is 5.56 Å². The van der Waals surface area contributed by atoms with Crippen molar-refractivity contribution < 1.29 is 4.74 Å². The highest BCUT2D eigenvalue weighted by Gasteiger charge is 2.23. The highest BCUT2D eigenvalue weighted by Crippen LogP contribution is 2.25. The number of ether oxygens (including phenoxy) is 1. The summed E-state index contributed by atoms with van der Waals surface area (Å²) in [5.41, 5.74) is 1.34. The monoisotopic (exact) mass is 219 g/mol. The number of nitrogens with zero attached hydrogens (tertiary/aromatic N) is 2. The summed E-state index contributed by atoms with van der Waals surface area (Å²) in [6.07, 6.45) is 4.48. The molecule has 0 saturated carbocycles. The fourth-order valence-electron chi connectivity index (χ4n) is 2.27. The van der Waals surface area contributed by atoms with Gasteiger partial charge >= 0.3 is 0 Å². The van der Waals surface area contributed by atoms with Crippen molar-refractivity contribution in [2.75, 3.05) is 13.2 Å². The summed E-state index contributed by atoms with van der Waals surface area (Å²) in [6.45, 7) is 3.34. The van der Waals surface area contributed by atoms with Gasteiger partial charge in [0, 0.05) is 24.9 Å². The van der Waals surface area contributed by atoms with Crippen LogP contribution in [0.25, 0.3) is 5.52 Å². The number of hydrogen-bond acceptors (Lipinski definition) is 3. The lowest BCUT2D eigenvalue weighted by Gasteiger charge is -2.05. The zero-order valence-corrected chi connectivity index (χ0v) is 9.06. The van der Waals surface area contributed by atoms with Crippen molar-refractivity contribution in [3.63, 3.8) is 0 Å². The molecule has 1 N–H and O–H groups in total. The average molecular weight is 219 g/mol. The second-order valence-corrected chi connectivity index (χ2v) is 4.12. The first-order valence-corrected chi connectivity index (χ1v) is 5.41. The molecule has 0 spiro atoms. The minimum absolute atomic E-state index is 0.0855. The molecule has 3 rings (SSSR count). The van der Waals surface area contributed by atoms with Gasteiger partial charge in [0.2, 0.25) is 0 Å². The van der Waals surface area contributed by atoms with Gasteiger partial charge in [-0.3, -0.25) is 9.20 Å². The molecule has 1 aliphatic heterocycles. The Labute approximate surface area is 92.1 Å². The standard InChI is InChI=1S/C11H13N3O2/c1-7-9-11(15)12-3-4-14(9)10(13-7)8-2-5-16-6-8/h3-4,8H,2,5-6H2,1H3,(H,12,15). The van der Waals surface area contributed by atoms with Gasteiger partial charge in [0.1, 0.15) is 11.3 Å². The van der Waals surface area contributed by atoms with E-state index in [1.165, 1.54) is 0 Å². The Hall–Kier alpha value is -1.62. The number of aromatic amines is 1. The van der Waals surface area contributed by atoms with E-state index in [9.17, 15) is 4.79 Å². The highest BCUT2D eigenvalue weighted by molar-refractivity contribution is 5.50. The topological polar surface area (TPSA) is 59.4 Å². The number of fused-ring (bicyclic) bond motifs is 1. The summed E-state index contributed by atoms with van der Waals surface area (Å²) in [6, 6.07) is 0. The molecule has 5 nitrogen and oxygen atoms in total. The molecule has 0 amide bonds. The minimum Gasteiger partial charge on any atom is -0.381 e. The normalized spacial score (nSPS) is 20.7. The SMILES string of the molecule is Cc1nc(C2CCOC2)n2cc[nH]c(=O)c12. The molecule has 16 heavy (non-hydrogen) atoms. The fraction of sp³-hybridized carbons (Fsp3) is 0.455. The van der Waals surface area contributed by atoms with Gasteiger partial charge in [-0.15, -0.1) is 0 Å². The molecule has 1 unspecified atom stereocenters. The van der Waals surface area contributed by atoms with Gasteiger partial charge in [0.15, 0.2) is 0 Å². The van der Waals surface area contributed by atoms with Crippen LogP contribution in [0.4, 0.5) is 0 Å². The molecular weight excluding hydrogens is 206 g/mol. The van der Waals surface area contributed by atoms with Gasteiger partial charge in [0.05, 0.1) is 12.3 Å². The molecule has 5 heteroatoms. The van der Waals surface area contributed by atoms with Gasteiger partial charge in [-0.25, -0.2) is 4.98 Å². The lowest BCUT2D eigenvalue weighted by atomic mass is 10.1. The zero-order valence-electron chi connectivity index (χ0n) is 9.06. The molecule has 0 bridgehead atoms. The van der Waals surface area contributed by atoms with Gasteiger partial charge < -0.3 is 9.72 Å². The number of nitrogens with one attached hydrogen (secondary N) is 1. The Kier molecular flexibility index (Phi) is 2.07. The van der Waals surface area contributed by atoms with Gasteiger partial charge in [-0.2, -0.15) is 0 Å². The third-order valence-corrected chi connectivity index (χ3v) is 3.06. The van der Waals surface area contributed by atoms with Crippen LogP contribution in [0.15, 0.2) is 17.2 Å². The Morgan fingerprint density at radius 2 is 2.50 bits per heavy atom. The van der Waals surface area contributed by atoms with Gasteiger partial charge in [-0.05, 0) is 13.3 Å². The summed E-state index contributed by atoms with van der Waals surface area (Å²) in [5.74, 6) is 1.25. The van der Waals surface area contributed by atoms with E-state index in [1.54, 1.807) is 6.20 Å². The lowest BCUT2D eigenvalue weighted by Crippen LogP contribution is -2.11. The molecular formula is C11H13N3O2. The third-order valence-electron chi connectivity index (χ3n) is 3.06. The van der Waals surface area contributed by atoms with E-state index < -0.39 is 0 Å². The maximum Gasteiger partial charge on any atom is 0.274 e. The Balaban J connectivity index is 2.26. The summed E-state index contributed by atoms with van der Waals surface area (Å²) < 4.78 is 7.24. The van der Waals surface area contributed by atoms with Gasteiger partial charge in [0.25, 0.3) is 5.56 Å². The van der Waals surface area contributed by atoms with E-state index in [4.69, 9.17) is 4.74 Å². The fourth-order valence-corrected chi connectivity index (χ4v) is 2.27. The van der Waals surface area contributed by atoms with E-state index in [2.05, 4.69) is 9.97 Å². The minimum atomic E-state index is -0.0855. The van der Waals surface area contributed by atoms with E-state index in [0.717, 1.165) is 24.5 Å². The van der Waals surface area contributed by atoms with Crippen LogP contribution in [0.5, 0.6) is 0 Å². The molecule has 84 valence electrons. The van der Waals surface area contributed by atoms with E-state index in [1.807, 2.05) is 17.5 Å². The number of aromatic nitrogens is 3. The van der Waals surface area contributed by atoms with Crippen molar-refractivity contribution in [1.82, 2.24) is 14.4 Å². The van der Waals surface area contributed by atoms with Crippen LogP contribution in [0.3, 0.4) is 0 Å². The molecule has 1 atom stereocenters. The number of rotatable bonds is 1. The Morgan fingerprint density at radius 3 is 3.25 bits per heavy atom. The first-order chi connectivity index (χ1) is 7.77. The van der Waals surface area contributed by atoms with Crippen molar-refractivity contribution in [3.8, 4) is 0 Å².